The van der Waals surface area contributed by atoms with E-state index in [0.717, 1.165) is 11.1 Å². The highest BCUT2D eigenvalue weighted by Crippen LogP contribution is 2.42. The zero-order valence-corrected chi connectivity index (χ0v) is 24.8. The lowest BCUT2D eigenvalue weighted by Gasteiger charge is -2.44. The van der Waals surface area contributed by atoms with Crippen molar-refractivity contribution in [2.75, 3.05) is 0 Å². The van der Waals surface area contributed by atoms with Crippen LogP contribution in [0.5, 0.6) is 0 Å². The van der Waals surface area contributed by atoms with Crippen LogP contribution in [0.4, 0.5) is 0 Å². The molecule has 6 unspecified atom stereocenters. The summed E-state index contributed by atoms with van der Waals surface area (Å²) in [7, 11) is 0. The molecule has 3 aliphatic heterocycles. The summed E-state index contributed by atoms with van der Waals surface area (Å²) in [5.41, 5.74) is 1.69. The van der Waals surface area contributed by atoms with E-state index in [4.69, 9.17) is 14.5 Å². The maximum Gasteiger partial charge on any atom is 0.302 e. The molecule has 8 bridgehead atoms. The number of rotatable bonds is 2. The van der Waals surface area contributed by atoms with Crippen molar-refractivity contribution < 1.29 is 34.1 Å². The van der Waals surface area contributed by atoms with Gasteiger partial charge in [0, 0.05) is 35.4 Å². The molecule has 0 radical (unpaired) electrons. The molecule has 0 aromatic carbocycles. The van der Waals surface area contributed by atoms with Gasteiger partial charge in [0.15, 0.2) is 11.4 Å². The Morgan fingerprint density at radius 3 is 2.16 bits per heavy atom. The van der Waals surface area contributed by atoms with Crippen molar-refractivity contribution in [1.82, 2.24) is 19.9 Å². The number of carbonyl (C=O) groups is 3. The summed E-state index contributed by atoms with van der Waals surface area (Å²) in [6.07, 6.45) is -3.20. The second kappa shape index (κ2) is 9.94. The van der Waals surface area contributed by atoms with Gasteiger partial charge in [-0.2, -0.15) is 0 Å². The van der Waals surface area contributed by atoms with Crippen molar-refractivity contribution in [3.63, 3.8) is 0 Å². The van der Waals surface area contributed by atoms with E-state index >= 15 is 0 Å². The highest BCUT2D eigenvalue weighted by atomic mass is 16.6. The van der Waals surface area contributed by atoms with Gasteiger partial charge >= 0.3 is 5.97 Å². The van der Waals surface area contributed by atoms with E-state index in [0.29, 0.717) is 27.8 Å². The lowest BCUT2D eigenvalue weighted by Crippen LogP contribution is -2.57. The van der Waals surface area contributed by atoms with Crippen LogP contribution in [0.15, 0.2) is 36.4 Å². The first kappa shape index (κ1) is 28.9. The zero-order chi connectivity index (χ0) is 31.0. The number of Topliss-reactive ketones (excluding diaryl/α,β-unsaturated/α-hetero) is 2. The zero-order valence-electron chi connectivity index (χ0n) is 24.8. The number of aliphatic hydroxyl groups is 2. The molecule has 43 heavy (non-hydrogen) atoms. The smallest absolute Gasteiger partial charge is 0.302 e. The lowest BCUT2D eigenvalue weighted by atomic mass is 9.73. The molecule has 6 atom stereocenters. The molecule has 3 aromatic rings. The maximum absolute atomic E-state index is 14.3. The first-order valence-corrected chi connectivity index (χ1v) is 14.2. The number of aromatic nitrogens is 4. The summed E-state index contributed by atoms with van der Waals surface area (Å²) < 4.78 is 11.8. The van der Waals surface area contributed by atoms with E-state index in [1.54, 1.807) is 38.1 Å². The molecule has 0 saturated carbocycles. The maximum atomic E-state index is 14.3. The van der Waals surface area contributed by atoms with Gasteiger partial charge in [0.25, 0.3) is 0 Å². The second-order valence-electron chi connectivity index (χ2n) is 12.1. The number of carbonyl (C=O) groups excluding carboxylic acids is 3. The Hall–Kier alpha value is -4.19. The molecule has 0 amide bonds. The first-order valence-electron chi connectivity index (χ1n) is 14.2. The van der Waals surface area contributed by atoms with Gasteiger partial charge in [-0.15, -0.1) is 0 Å². The SMILES string of the molecule is CC(=O)OC1CC(O)C(C)OC1C1(C)C(=O)c2cc3cc(C)c(cc4nc(cc5[nH]c(cc1n2)cc5C)C(=O)C4(C)O)[nH]3. The lowest BCUT2D eigenvalue weighted by molar-refractivity contribution is -0.197. The van der Waals surface area contributed by atoms with Crippen LogP contribution < -0.4 is 0 Å². The minimum absolute atomic E-state index is 0.106. The van der Waals surface area contributed by atoms with Crippen LogP contribution in [0, 0.1) is 13.8 Å². The molecule has 224 valence electrons. The Bertz CT molecular complexity index is 1860. The van der Waals surface area contributed by atoms with Gasteiger partial charge in [-0.3, -0.25) is 14.4 Å². The number of aromatic amines is 2. The fourth-order valence-electron chi connectivity index (χ4n) is 6.18. The van der Waals surface area contributed by atoms with Gasteiger partial charge in [-0.05, 0) is 82.1 Å². The Balaban J connectivity index is 1.64. The summed E-state index contributed by atoms with van der Waals surface area (Å²) in [5.74, 6) is -1.39. The van der Waals surface area contributed by atoms with Gasteiger partial charge in [-0.25, -0.2) is 9.97 Å². The van der Waals surface area contributed by atoms with Crippen LogP contribution in [0.25, 0.3) is 22.1 Å². The fraction of sp³-hybridized carbons (Fsp3) is 0.406. The van der Waals surface area contributed by atoms with Crippen molar-refractivity contribution in [3.8, 4) is 0 Å². The molecule has 6 heterocycles. The van der Waals surface area contributed by atoms with Crippen LogP contribution in [0.2, 0.25) is 0 Å². The molecule has 6 rings (SSSR count). The van der Waals surface area contributed by atoms with E-state index < -0.39 is 47.2 Å². The van der Waals surface area contributed by atoms with Crippen molar-refractivity contribution in [1.29, 1.82) is 0 Å². The van der Waals surface area contributed by atoms with Crippen LogP contribution in [0.3, 0.4) is 0 Å². The molecule has 3 aromatic heterocycles. The standard InChI is InChI=1S/C32H34N4O7/c1-14-8-19-10-26-31(5,30-25(43-17(4)37)13-24(38)16(3)42-30)28(39)22(35-26)9-18-7-15(2)21(33-18)12-27-32(6,41)29(40)23(36-27)11-20(14)34-19/h7-12,16,24-25,30,33-34,38,41H,13H2,1-6H3. The summed E-state index contributed by atoms with van der Waals surface area (Å²) in [4.78, 5) is 55.3. The van der Waals surface area contributed by atoms with Crippen LogP contribution in [0.1, 0.15) is 77.6 Å². The number of ether oxygens (including phenoxy) is 2. The molecule has 1 saturated heterocycles. The number of H-pyrrole nitrogens is 2. The topological polar surface area (TPSA) is 167 Å². The van der Waals surface area contributed by atoms with E-state index in [1.807, 2.05) is 26.0 Å². The summed E-state index contributed by atoms with van der Waals surface area (Å²) in [6.45, 7) is 9.86. The third kappa shape index (κ3) is 4.68. The number of hydrogen-bond acceptors (Lipinski definition) is 9. The molecule has 0 aliphatic carbocycles. The Morgan fingerprint density at radius 1 is 0.930 bits per heavy atom. The molecule has 4 N–H and O–H groups in total. The Labute approximate surface area is 247 Å². The summed E-state index contributed by atoms with van der Waals surface area (Å²) in [6, 6.07) is 10.3. The van der Waals surface area contributed by atoms with Crippen molar-refractivity contribution in [2.24, 2.45) is 0 Å². The predicted octanol–water partition coefficient (Wildman–Crippen LogP) is 3.63. The molecular weight excluding hydrogens is 552 g/mol. The van der Waals surface area contributed by atoms with Crippen LogP contribution in [-0.2, 0) is 25.3 Å². The number of aliphatic hydroxyl groups excluding tert-OH is 1. The molecule has 1 fully saturated rings. The van der Waals surface area contributed by atoms with Crippen molar-refractivity contribution in [3.05, 3.63) is 70.3 Å². The normalized spacial score (nSPS) is 29.1. The van der Waals surface area contributed by atoms with Gasteiger partial charge < -0.3 is 29.7 Å². The largest absolute Gasteiger partial charge is 0.460 e. The van der Waals surface area contributed by atoms with Gasteiger partial charge in [0.2, 0.25) is 5.78 Å². The second-order valence-corrected chi connectivity index (χ2v) is 12.1. The fourth-order valence-corrected chi connectivity index (χ4v) is 6.18. The highest BCUT2D eigenvalue weighted by molar-refractivity contribution is 6.06. The number of nitrogens with one attached hydrogen (secondary N) is 2. The third-order valence-electron chi connectivity index (χ3n) is 8.79. The quantitative estimate of drug-likeness (QED) is 0.328. The molecule has 11 nitrogen and oxygen atoms in total. The number of aryl methyl sites for hydroxylation is 2. The van der Waals surface area contributed by atoms with E-state index in [9.17, 15) is 24.6 Å². The van der Waals surface area contributed by atoms with Crippen LogP contribution in [-0.4, -0.2) is 72.1 Å². The minimum Gasteiger partial charge on any atom is -0.460 e. The van der Waals surface area contributed by atoms with Gasteiger partial charge in [0.1, 0.15) is 29.0 Å². The Kier molecular flexibility index (Phi) is 6.68. The minimum atomic E-state index is -1.81. The number of fused-ring (bicyclic) bond motifs is 8. The molecule has 11 heteroatoms. The number of nitrogens with zero attached hydrogens (tertiary/aromatic N) is 2. The molecule has 0 spiro atoms. The van der Waals surface area contributed by atoms with E-state index in [-0.39, 0.29) is 29.3 Å². The van der Waals surface area contributed by atoms with Crippen LogP contribution >= 0.6 is 0 Å². The third-order valence-corrected chi connectivity index (χ3v) is 8.79. The Morgan fingerprint density at radius 2 is 1.51 bits per heavy atom. The first-order chi connectivity index (χ1) is 20.2. The average molecular weight is 587 g/mol. The van der Waals surface area contributed by atoms with Gasteiger partial charge in [-0.1, -0.05) is 0 Å². The average Bonchev–Trinajstić information content (AvgIpc) is 3.58. The van der Waals surface area contributed by atoms with Crippen molar-refractivity contribution in [2.45, 2.75) is 83.4 Å². The number of esters is 1. The summed E-state index contributed by atoms with van der Waals surface area (Å²) in [5, 5.41) is 21.6. The van der Waals surface area contributed by atoms with E-state index in [1.165, 1.54) is 13.8 Å². The van der Waals surface area contributed by atoms with E-state index in [2.05, 4.69) is 15.0 Å². The predicted molar refractivity (Wildman–Crippen MR) is 157 cm³/mol. The van der Waals surface area contributed by atoms with Gasteiger partial charge in [0.05, 0.1) is 23.6 Å². The monoisotopic (exact) mass is 586 g/mol. The number of ketones is 2. The van der Waals surface area contributed by atoms with Crippen molar-refractivity contribution >= 4 is 39.6 Å². The summed E-state index contributed by atoms with van der Waals surface area (Å²) >= 11 is 0. The number of hydrogen-bond donors (Lipinski definition) is 4. The molecular formula is C32H34N4O7. The molecule has 3 aliphatic rings. The highest BCUT2D eigenvalue weighted by Gasteiger charge is 2.56.